The van der Waals surface area contributed by atoms with Crippen LogP contribution in [0.25, 0.3) is 0 Å². The lowest BCUT2D eigenvalue weighted by Crippen LogP contribution is -2.65. The SMILES string of the molecule is CC[C@H](C)[C@@H]1NC(=O)[C@H](C)N(C)C(=O)C[C@@H](C(=O)N2CCCCC2)N(C)C(=O)[C@H](C(C)C)N(C)C(=O)C2(CCCC2)NC(=O)[C@@H]2CCCN2C(=O)[C@H](CCc2ccc(C(F)(F)F)c(F)c2)NC(=O)CN(C)C(=O)[C@H](CC2CCCCC2)N(C)C(=O)[C@@H]2CCN2C(=O)[C@H](C)N(C)C1=O. The van der Waals surface area contributed by atoms with Gasteiger partial charge in [0.25, 0.3) is 0 Å². The van der Waals surface area contributed by atoms with Gasteiger partial charge in [-0.05, 0) is 120 Å². The lowest BCUT2D eigenvalue weighted by Gasteiger charge is -2.45. The first-order valence-electron chi connectivity index (χ1n) is 34.9. The van der Waals surface area contributed by atoms with Crippen molar-refractivity contribution in [1.82, 2.24) is 60.0 Å². The molecule has 1 spiro atoms. The third-order valence-corrected chi connectivity index (χ3v) is 21.7. The van der Waals surface area contributed by atoms with Crippen LogP contribution in [0.3, 0.4) is 0 Å². The Morgan fingerprint density at radius 1 is 0.629 bits per heavy atom. The van der Waals surface area contributed by atoms with E-state index in [0.29, 0.717) is 63.7 Å². The molecule has 0 bridgehead atoms. The summed E-state index contributed by atoms with van der Waals surface area (Å²) in [6, 6.07) is -8.89. The molecule has 1 aromatic carbocycles. The van der Waals surface area contributed by atoms with E-state index in [4.69, 9.17) is 0 Å². The second kappa shape index (κ2) is 33.0. The zero-order valence-corrected chi connectivity index (χ0v) is 58.8. The van der Waals surface area contributed by atoms with Gasteiger partial charge in [0, 0.05) is 68.5 Å². The van der Waals surface area contributed by atoms with Gasteiger partial charge in [0.1, 0.15) is 65.7 Å². The Morgan fingerprint density at radius 3 is 1.85 bits per heavy atom. The maximum absolute atomic E-state index is 15.3. The summed E-state index contributed by atoms with van der Waals surface area (Å²) in [5.74, 6) is -10.7. The molecule has 7 rings (SSSR count). The first-order valence-corrected chi connectivity index (χ1v) is 34.9. The normalized spacial score (nSPS) is 28.2. The standard InChI is InChI=1S/C69H104F4N12O12/c1-13-42(4)56-65(95)79(9)44(6)60(90)85-36-30-51(85)63(93)80(10)52(38-45-23-16-14-17-24-45)62(92)77(7)40-54(86)74-49(29-27-46-26-28-47(48(70)37-46)69(71,72)73)61(91)84-35-22-25-50(84)59(89)76-68(31-18-19-32-68)67(97)82(12)57(41(2)3)66(96)81(11)53(64(94)83-33-20-15-21-34-83)39-55(87)78(8)43(5)58(88)75-56/h26,28,37,41-45,49-53,56-57H,13-25,27,29-36,38-40H2,1-12H3,(H,74,86)(H,75,88)(H,76,89)/t42-,43-,44-,49-,50-,51-,52-,53-,56-,57-/m0/s1. The van der Waals surface area contributed by atoms with Crippen molar-refractivity contribution in [2.75, 3.05) is 75.0 Å². The Hall–Kier alpha value is -7.42. The van der Waals surface area contributed by atoms with Gasteiger partial charge in [0.15, 0.2) is 0 Å². The average Bonchev–Trinajstić information content (AvgIpc) is 1.77. The fourth-order valence-electron chi connectivity index (χ4n) is 14.9. The summed E-state index contributed by atoms with van der Waals surface area (Å²) in [6.45, 7) is 10.1. The van der Waals surface area contributed by atoms with Crippen LogP contribution in [-0.2, 0) is 70.1 Å². The van der Waals surface area contributed by atoms with E-state index in [1.54, 1.807) is 25.7 Å². The zero-order valence-electron chi connectivity index (χ0n) is 58.8. The van der Waals surface area contributed by atoms with Crippen molar-refractivity contribution in [1.29, 1.82) is 0 Å². The van der Waals surface area contributed by atoms with Crippen molar-refractivity contribution in [2.24, 2.45) is 17.8 Å². The number of benzene rings is 1. The number of halogens is 4. The third-order valence-electron chi connectivity index (χ3n) is 21.7. The molecule has 2 saturated carbocycles. The smallest absolute Gasteiger partial charge is 0.343 e. The summed E-state index contributed by atoms with van der Waals surface area (Å²) in [4.78, 5) is 189. The third kappa shape index (κ3) is 17.7. The highest BCUT2D eigenvalue weighted by Crippen LogP contribution is 2.36. The molecular formula is C69H104F4N12O12. The summed E-state index contributed by atoms with van der Waals surface area (Å²) in [7, 11) is 8.41. The van der Waals surface area contributed by atoms with Crippen molar-refractivity contribution in [3.05, 3.63) is 35.1 Å². The molecule has 4 heterocycles. The van der Waals surface area contributed by atoms with E-state index in [9.17, 15) is 56.3 Å². The maximum Gasteiger partial charge on any atom is 0.419 e. The minimum Gasteiger partial charge on any atom is -0.343 e. The van der Waals surface area contributed by atoms with E-state index >= 15 is 18.8 Å². The van der Waals surface area contributed by atoms with E-state index in [1.165, 1.54) is 80.6 Å². The lowest BCUT2D eigenvalue weighted by atomic mass is 9.84. The monoisotopic (exact) mass is 1370 g/mol. The van der Waals surface area contributed by atoms with Crippen molar-refractivity contribution in [3.8, 4) is 0 Å². The molecule has 1 aromatic rings. The van der Waals surface area contributed by atoms with Crippen LogP contribution in [0, 0.1) is 23.6 Å². The number of piperidine rings is 1. The summed E-state index contributed by atoms with van der Waals surface area (Å²) in [5, 5.41) is 8.52. The van der Waals surface area contributed by atoms with Crippen LogP contribution >= 0.6 is 0 Å². The van der Waals surface area contributed by atoms with E-state index in [-0.39, 0.29) is 69.5 Å². The van der Waals surface area contributed by atoms with Crippen LogP contribution in [0.1, 0.15) is 175 Å². The van der Waals surface area contributed by atoms with Crippen LogP contribution < -0.4 is 16.0 Å². The van der Waals surface area contributed by atoms with Crippen LogP contribution in [0.4, 0.5) is 17.6 Å². The molecule has 0 aromatic heterocycles. The number of hydrogen-bond donors (Lipinski definition) is 3. The Kier molecular flexibility index (Phi) is 26.1. The minimum atomic E-state index is -5.00. The maximum atomic E-state index is 15.3. The number of likely N-dealkylation sites (tertiary alicyclic amines) is 1. The quantitative estimate of drug-likeness (QED) is 0.289. The molecule has 97 heavy (non-hydrogen) atoms. The average molecular weight is 1370 g/mol. The number of aryl methyl sites for hydroxylation is 1. The van der Waals surface area contributed by atoms with Gasteiger partial charge in [-0.25, -0.2) is 4.39 Å². The predicted molar refractivity (Wildman–Crippen MR) is 350 cm³/mol. The number of likely N-dealkylation sites (N-methyl/N-ethyl adjacent to an activating group) is 6. The largest absolute Gasteiger partial charge is 0.419 e. The molecule has 0 unspecified atom stereocenters. The lowest BCUT2D eigenvalue weighted by molar-refractivity contribution is -0.160. The van der Waals surface area contributed by atoms with E-state index in [2.05, 4.69) is 16.0 Å². The number of nitrogens with zero attached hydrogens (tertiary/aromatic N) is 9. The number of carbonyl (C=O) groups excluding carboxylic acids is 12. The number of amides is 12. The molecule has 4 saturated heterocycles. The van der Waals surface area contributed by atoms with E-state index in [1.807, 2.05) is 6.92 Å². The van der Waals surface area contributed by atoms with Crippen LogP contribution in [0.15, 0.2) is 18.2 Å². The highest BCUT2D eigenvalue weighted by atomic mass is 19.4. The highest BCUT2D eigenvalue weighted by molar-refractivity contribution is 6.01. The topological polar surface area (TPSA) is 270 Å². The predicted octanol–water partition coefficient (Wildman–Crippen LogP) is 4.49. The Labute approximate surface area is 567 Å². The molecule has 2 aliphatic carbocycles. The fourth-order valence-corrected chi connectivity index (χ4v) is 14.9. The van der Waals surface area contributed by atoms with E-state index < -0.39 is 173 Å². The molecule has 28 heteroatoms. The number of carbonyl (C=O) groups is 12. The number of fused-ring (bicyclic) bond motifs is 2. The van der Waals surface area contributed by atoms with Gasteiger partial charge < -0.3 is 60.0 Å². The molecular weight excluding hydrogens is 1260 g/mol. The Morgan fingerprint density at radius 2 is 1.26 bits per heavy atom. The summed E-state index contributed by atoms with van der Waals surface area (Å²) < 4.78 is 56.1. The number of nitrogens with one attached hydrogen (secondary N) is 3. The molecule has 10 atom stereocenters. The molecule has 540 valence electrons. The van der Waals surface area contributed by atoms with Gasteiger partial charge in [0.05, 0.1) is 18.5 Å². The van der Waals surface area contributed by atoms with Crippen molar-refractivity contribution >= 4 is 70.9 Å². The van der Waals surface area contributed by atoms with Gasteiger partial charge in [-0.3, -0.25) is 57.5 Å². The Bertz CT molecular complexity index is 3080. The molecule has 12 amide bonds. The fraction of sp³-hybridized carbons (Fsp3) is 0.739. The molecule has 6 fully saturated rings. The molecule has 6 aliphatic rings. The van der Waals surface area contributed by atoms with Gasteiger partial charge in [-0.2, -0.15) is 13.2 Å². The van der Waals surface area contributed by atoms with Gasteiger partial charge in [0.2, 0.25) is 70.9 Å². The van der Waals surface area contributed by atoms with E-state index in [0.717, 1.165) is 59.3 Å². The number of alkyl halides is 3. The summed E-state index contributed by atoms with van der Waals surface area (Å²) in [5.41, 5.74) is -3.05. The first kappa shape index (κ1) is 76.9. The number of hydrogen-bond acceptors (Lipinski definition) is 12. The van der Waals surface area contributed by atoms with Crippen LogP contribution in [0.5, 0.6) is 0 Å². The Balaban J connectivity index is 1.26. The second-order valence-electron chi connectivity index (χ2n) is 28.5. The molecule has 3 N–H and O–H groups in total. The first-order chi connectivity index (χ1) is 45.6. The van der Waals surface area contributed by atoms with Gasteiger partial charge in [-0.15, -0.1) is 0 Å². The molecule has 24 nitrogen and oxygen atoms in total. The van der Waals surface area contributed by atoms with Crippen molar-refractivity contribution < 1.29 is 75.1 Å². The zero-order chi connectivity index (χ0) is 71.7. The summed E-state index contributed by atoms with van der Waals surface area (Å²) >= 11 is 0. The summed E-state index contributed by atoms with van der Waals surface area (Å²) in [6.07, 6.45) is 2.86. The molecule has 4 aliphatic heterocycles. The van der Waals surface area contributed by atoms with Crippen molar-refractivity contribution in [3.63, 3.8) is 0 Å². The van der Waals surface area contributed by atoms with Gasteiger partial charge >= 0.3 is 6.18 Å². The van der Waals surface area contributed by atoms with Crippen molar-refractivity contribution in [2.45, 2.75) is 236 Å². The highest BCUT2D eigenvalue weighted by Gasteiger charge is 2.51. The van der Waals surface area contributed by atoms with Crippen LogP contribution in [0.2, 0.25) is 0 Å². The minimum absolute atomic E-state index is 0.00488. The van der Waals surface area contributed by atoms with Crippen LogP contribution in [-0.4, -0.2) is 250 Å². The second-order valence-corrected chi connectivity index (χ2v) is 28.5. The number of rotatable bonds is 9. The van der Waals surface area contributed by atoms with Gasteiger partial charge in [-0.1, -0.05) is 85.1 Å². The molecule has 0 radical (unpaired) electrons.